The summed E-state index contributed by atoms with van der Waals surface area (Å²) in [7, 11) is 0. The zero-order valence-corrected chi connectivity index (χ0v) is 7.15. The van der Waals surface area contributed by atoms with E-state index >= 15 is 0 Å². The second-order valence-electron chi connectivity index (χ2n) is 2.31. The maximum absolute atomic E-state index is 6.58. The van der Waals surface area contributed by atoms with E-state index in [0.717, 1.165) is 0 Å². The third kappa shape index (κ3) is 1350. The van der Waals surface area contributed by atoms with Crippen LogP contribution in [0.5, 0.6) is 0 Å². The van der Waals surface area contributed by atoms with E-state index in [0.29, 0.717) is 0 Å². The first-order valence-corrected chi connectivity index (χ1v) is 2.89. The van der Waals surface area contributed by atoms with Gasteiger partial charge in [-0.1, -0.05) is 27.7 Å². The Labute approximate surface area is 72.0 Å². The molecule has 0 rings (SSSR count). The minimum Gasteiger partial charge on any atom is -0.675 e. The smallest absolute Gasteiger partial charge is 0.675 e. The molecule has 9 heavy (non-hydrogen) atoms. The average molecular weight is 124 g/mol. The summed E-state index contributed by atoms with van der Waals surface area (Å²) in [5, 5.41) is 0. The van der Waals surface area contributed by atoms with Crippen LogP contribution in [0, 0.1) is 0 Å². The van der Waals surface area contributed by atoms with Gasteiger partial charge in [-0.05, 0) is 0 Å². The first-order valence-electron chi connectivity index (χ1n) is 2.89. The van der Waals surface area contributed by atoms with Gasteiger partial charge in [-0.15, -0.1) is 12.1 Å². The zero-order valence-electron chi connectivity index (χ0n) is 8.15. The van der Waals surface area contributed by atoms with E-state index in [2.05, 4.69) is 0 Å². The van der Waals surface area contributed by atoms with E-state index in [-0.39, 0.29) is 32.4 Å². The average Bonchev–Trinajstić information content (AvgIpc) is 1.25. The molecule has 0 aliphatic heterocycles. The van der Waals surface area contributed by atoms with E-state index in [1.54, 1.807) is 0 Å². The standard InChI is InChI=1S/2C3H8N.Li/c2*1-3(2)4;/h2*3-4H,1-2H3;/q2*-1;+1/p+1. The van der Waals surface area contributed by atoms with E-state index < -0.39 is 0 Å². The SMILES string of the molecule is CC(C)[NH-].CC(C)[NH-].[H+].[Li+]. The summed E-state index contributed by atoms with van der Waals surface area (Å²) in [5.74, 6) is 0. The third-order valence-corrected chi connectivity index (χ3v) is 0. The number of hydrogen-bond acceptors (Lipinski definition) is 0. The molecule has 0 amide bonds. The van der Waals surface area contributed by atoms with Gasteiger partial charge < -0.3 is 11.5 Å². The molecule has 0 spiro atoms. The fourth-order valence-electron chi connectivity index (χ4n) is 0. The molecular weight excluding hydrogens is 107 g/mol. The topological polar surface area (TPSA) is 47.6 Å². The Morgan fingerprint density at radius 1 is 0.889 bits per heavy atom. The van der Waals surface area contributed by atoms with Gasteiger partial charge in [0.25, 0.3) is 0 Å². The Kier molecular flexibility index (Phi) is 20.5. The normalized spacial score (nSPS) is 8.00. The molecule has 0 saturated heterocycles. The summed E-state index contributed by atoms with van der Waals surface area (Å²) in [6, 6.07) is 0.167. The van der Waals surface area contributed by atoms with Crippen LogP contribution in [0.1, 0.15) is 29.1 Å². The summed E-state index contributed by atoms with van der Waals surface area (Å²) < 4.78 is 0. The molecule has 2 N–H and O–H groups in total. The van der Waals surface area contributed by atoms with Gasteiger partial charge in [0.05, 0.1) is 0 Å². The predicted molar refractivity (Wildman–Crippen MR) is 40.0 cm³/mol. The van der Waals surface area contributed by atoms with Crippen LogP contribution in [0.15, 0.2) is 0 Å². The molecule has 0 bridgehead atoms. The molecule has 3 heteroatoms. The van der Waals surface area contributed by atoms with Crippen LogP contribution in [-0.4, -0.2) is 12.1 Å². The Hall–Kier alpha value is 0.517. The summed E-state index contributed by atoms with van der Waals surface area (Å²) in [4.78, 5) is 0. The van der Waals surface area contributed by atoms with E-state index in [1.807, 2.05) is 27.7 Å². The molecule has 0 fully saturated rings. The van der Waals surface area contributed by atoms with Crippen LogP contribution in [0.2, 0.25) is 0 Å². The summed E-state index contributed by atoms with van der Waals surface area (Å²) in [6.07, 6.45) is 0. The van der Waals surface area contributed by atoms with Crippen molar-refractivity contribution in [2.24, 2.45) is 0 Å². The molecule has 0 aromatic heterocycles. The van der Waals surface area contributed by atoms with Crippen molar-refractivity contribution in [3.05, 3.63) is 11.5 Å². The van der Waals surface area contributed by atoms with Crippen molar-refractivity contribution in [3.8, 4) is 0 Å². The van der Waals surface area contributed by atoms with Crippen molar-refractivity contribution < 1.29 is 20.3 Å². The van der Waals surface area contributed by atoms with E-state index in [1.165, 1.54) is 0 Å². The van der Waals surface area contributed by atoms with Crippen molar-refractivity contribution in [3.63, 3.8) is 0 Å². The second kappa shape index (κ2) is 11.3. The first-order chi connectivity index (χ1) is 3.46. The number of rotatable bonds is 0. The first kappa shape index (κ1) is 16.3. The van der Waals surface area contributed by atoms with Gasteiger partial charge in [0.15, 0.2) is 0 Å². The molecule has 52 valence electrons. The summed E-state index contributed by atoms with van der Waals surface area (Å²) in [5.41, 5.74) is 13.2. The number of nitrogens with one attached hydrogen (secondary N) is 2. The summed E-state index contributed by atoms with van der Waals surface area (Å²) in [6.45, 7) is 7.33. The number of hydrogen-bond donors (Lipinski definition) is 0. The molecule has 0 aliphatic rings. The van der Waals surface area contributed by atoms with Crippen LogP contribution in [0.3, 0.4) is 0 Å². The molecule has 0 heterocycles. The van der Waals surface area contributed by atoms with Crippen LogP contribution < -0.4 is 18.9 Å². The van der Waals surface area contributed by atoms with Crippen LogP contribution >= 0.6 is 0 Å². The minimum atomic E-state index is 0. The predicted octanol–water partition coefficient (Wildman–Crippen LogP) is 0.0105. The fraction of sp³-hybridized carbons (Fsp3) is 1.00. The molecule has 0 radical (unpaired) electrons. The maximum atomic E-state index is 6.58. The van der Waals surface area contributed by atoms with Crippen molar-refractivity contribution >= 4 is 0 Å². The Morgan fingerprint density at radius 3 is 0.889 bits per heavy atom. The van der Waals surface area contributed by atoms with Gasteiger partial charge in [0, 0.05) is 0 Å². The summed E-state index contributed by atoms with van der Waals surface area (Å²) >= 11 is 0. The third-order valence-electron chi connectivity index (χ3n) is 0. The van der Waals surface area contributed by atoms with Crippen LogP contribution in [0.4, 0.5) is 0 Å². The molecule has 0 aromatic carbocycles. The van der Waals surface area contributed by atoms with Crippen LogP contribution in [-0.2, 0) is 0 Å². The molecule has 0 saturated carbocycles. The van der Waals surface area contributed by atoms with Gasteiger partial charge in [-0.3, -0.25) is 0 Å². The van der Waals surface area contributed by atoms with Gasteiger partial charge in [0.2, 0.25) is 0 Å². The van der Waals surface area contributed by atoms with E-state index in [9.17, 15) is 0 Å². The van der Waals surface area contributed by atoms with Gasteiger partial charge >= 0.3 is 20.3 Å². The van der Waals surface area contributed by atoms with Crippen molar-refractivity contribution in [2.75, 3.05) is 0 Å². The molecule has 0 aromatic rings. The molecular formula is C6H17LiN2. The minimum absolute atomic E-state index is 0. The zero-order chi connectivity index (χ0) is 7.15. The molecule has 0 atom stereocenters. The van der Waals surface area contributed by atoms with Gasteiger partial charge in [-0.2, -0.15) is 0 Å². The molecule has 0 unspecified atom stereocenters. The Balaban J connectivity index is -0.0000000300. The fourth-order valence-corrected chi connectivity index (χ4v) is 0. The quantitative estimate of drug-likeness (QED) is 0.408. The Morgan fingerprint density at radius 2 is 0.889 bits per heavy atom. The van der Waals surface area contributed by atoms with Gasteiger partial charge in [-0.25, -0.2) is 0 Å². The second-order valence-corrected chi connectivity index (χ2v) is 2.31. The van der Waals surface area contributed by atoms with Crippen molar-refractivity contribution in [1.82, 2.24) is 0 Å². The van der Waals surface area contributed by atoms with Gasteiger partial charge in [0.1, 0.15) is 0 Å². The molecule has 2 nitrogen and oxygen atoms in total. The maximum Gasteiger partial charge on any atom is 1.00 e. The molecule has 0 aliphatic carbocycles. The van der Waals surface area contributed by atoms with Crippen LogP contribution in [0.25, 0.3) is 11.5 Å². The monoisotopic (exact) mass is 124 g/mol. The van der Waals surface area contributed by atoms with E-state index in [4.69, 9.17) is 11.5 Å². The van der Waals surface area contributed by atoms with Crippen molar-refractivity contribution in [2.45, 2.75) is 39.8 Å². The Bertz CT molecular complexity index is 31.2. The largest absolute Gasteiger partial charge is 1.00 e. The van der Waals surface area contributed by atoms with Crippen molar-refractivity contribution in [1.29, 1.82) is 0 Å².